The summed E-state index contributed by atoms with van der Waals surface area (Å²) in [6, 6.07) is 0. The number of fused-ring (bicyclic) bond motifs is 2. The van der Waals surface area contributed by atoms with Crippen molar-refractivity contribution >= 4 is 0 Å². The van der Waals surface area contributed by atoms with Crippen molar-refractivity contribution < 1.29 is 9.47 Å². The third kappa shape index (κ3) is 1.89. The minimum Gasteiger partial charge on any atom is -0.489 e. The molecule has 0 spiro atoms. The molecule has 0 radical (unpaired) electrons. The smallest absolute Gasteiger partial charge is 0.127 e. The summed E-state index contributed by atoms with van der Waals surface area (Å²) in [5, 5.41) is 0. The monoisotopic (exact) mass is 202 g/mol. The van der Waals surface area contributed by atoms with E-state index in [4.69, 9.17) is 9.47 Å². The maximum atomic E-state index is 5.53. The molecule has 0 heterocycles. The summed E-state index contributed by atoms with van der Waals surface area (Å²) in [5.41, 5.74) is 2.40. The predicted molar refractivity (Wildman–Crippen MR) is 60.1 cm³/mol. The molecule has 0 amide bonds. The lowest BCUT2D eigenvalue weighted by molar-refractivity contribution is 0.236. The van der Waals surface area contributed by atoms with Crippen LogP contribution < -0.4 is 0 Å². The molecule has 2 nitrogen and oxygen atoms in total. The number of ether oxygens (including phenoxy) is 2. The molecule has 15 heavy (non-hydrogen) atoms. The molecule has 0 unspecified atom stereocenters. The van der Waals surface area contributed by atoms with Crippen LogP contribution in [0.1, 0.15) is 6.42 Å². The molecule has 0 N–H and O–H groups in total. The highest BCUT2D eigenvalue weighted by Gasteiger charge is 2.26. The van der Waals surface area contributed by atoms with Crippen LogP contribution in [0.15, 0.2) is 60.1 Å². The molecule has 2 aliphatic carbocycles. The summed E-state index contributed by atoms with van der Waals surface area (Å²) < 4.78 is 11.1. The zero-order valence-electron chi connectivity index (χ0n) is 8.66. The second-order valence-electron chi connectivity index (χ2n) is 3.45. The van der Waals surface area contributed by atoms with Gasteiger partial charge in [-0.2, -0.15) is 0 Å². The van der Waals surface area contributed by atoms with Gasteiger partial charge in [0.15, 0.2) is 0 Å². The lowest BCUT2D eigenvalue weighted by Crippen LogP contribution is -1.98. The van der Waals surface area contributed by atoms with Gasteiger partial charge in [0.2, 0.25) is 0 Å². The molecule has 78 valence electrons. The summed E-state index contributed by atoms with van der Waals surface area (Å²) >= 11 is 0. The topological polar surface area (TPSA) is 18.5 Å². The Kier molecular flexibility index (Phi) is 2.77. The molecule has 0 fully saturated rings. The zero-order chi connectivity index (χ0) is 10.7. The summed E-state index contributed by atoms with van der Waals surface area (Å²) in [6.45, 7) is 8.33. The standard InChI is InChI=1S/C13H14O2/c1-3-5-14-12-8-10-7-11(12)13(9-10)15-6-4-2/h3-4,8-9H,1-2,5-7H2. The van der Waals surface area contributed by atoms with Crippen LogP contribution in [0.25, 0.3) is 0 Å². The van der Waals surface area contributed by atoms with Crippen LogP contribution in [0.5, 0.6) is 0 Å². The molecular formula is C13H14O2. The van der Waals surface area contributed by atoms with Crippen molar-refractivity contribution in [3.05, 3.63) is 60.1 Å². The van der Waals surface area contributed by atoms with E-state index in [0.717, 1.165) is 23.5 Å². The molecule has 2 heteroatoms. The van der Waals surface area contributed by atoms with Crippen LogP contribution in [0.3, 0.4) is 0 Å². The minimum atomic E-state index is 0.539. The van der Waals surface area contributed by atoms with Gasteiger partial charge < -0.3 is 9.47 Å². The Balaban J connectivity index is 2.07. The fourth-order valence-corrected chi connectivity index (χ4v) is 1.71. The van der Waals surface area contributed by atoms with Crippen LogP contribution in [-0.2, 0) is 9.47 Å². The van der Waals surface area contributed by atoms with Gasteiger partial charge in [-0.15, -0.1) is 0 Å². The molecular weight excluding hydrogens is 188 g/mol. The lowest BCUT2D eigenvalue weighted by atomic mass is 10.2. The van der Waals surface area contributed by atoms with E-state index >= 15 is 0 Å². The predicted octanol–water partition coefficient (Wildman–Crippen LogP) is 2.87. The van der Waals surface area contributed by atoms with Gasteiger partial charge in [-0.3, -0.25) is 0 Å². The first-order valence-corrected chi connectivity index (χ1v) is 4.98. The van der Waals surface area contributed by atoms with Crippen LogP contribution in [0, 0.1) is 0 Å². The number of rotatable bonds is 6. The van der Waals surface area contributed by atoms with Gasteiger partial charge in [0.1, 0.15) is 24.7 Å². The van der Waals surface area contributed by atoms with E-state index in [1.54, 1.807) is 12.2 Å². The first-order chi connectivity index (χ1) is 7.35. The van der Waals surface area contributed by atoms with Crippen molar-refractivity contribution in [2.75, 3.05) is 13.2 Å². The molecule has 0 aliphatic heterocycles. The maximum absolute atomic E-state index is 5.53. The van der Waals surface area contributed by atoms with E-state index in [9.17, 15) is 0 Å². The van der Waals surface area contributed by atoms with E-state index < -0.39 is 0 Å². The highest BCUT2D eigenvalue weighted by Crippen LogP contribution is 2.39. The van der Waals surface area contributed by atoms with E-state index in [-0.39, 0.29) is 0 Å². The zero-order valence-corrected chi connectivity index (χ0v) is 8.66. The number of hydrogen-bond donors (Lipinski definition) is 0. The van der Waals surface area contributed by atoms with Crippen LogP contribution in [0.2, 0.25) is 0 Å². The Morgan fingerprint density at radius 1 is 1.13 bits per heavy atom. The Morgan fingerprint density at radius 3 is 2.53 bits per heavy atom. The first kappa shape index (κ1) is 9.84. The summed E-state index contributed by atoms with van der Waals surface area (Å²) in [6.07, 6.45) is 8.52. The normalized spacial score (nSPS) is 17.3. The molecule has 2 aliphatic rings. The Bertz CT molecular complexity index is 383. The maximum Gasteiger partial charge on any atom is 0.127 e. The van der Waals surface area contributed by atoms with Gasteiger partial charge in [-0.1, -0.05) is 25.3 Å². The third-order valence-corrected chi connectivity index (χ3v) is 2.32. The van der Waals surface area contributed by atoms with Crippen molar-refractivity contribution in [1.82, 2.24) is 0 Å². The molecule has 2 rings (SSSR count). The largest absolute Gasteiger partial charge is 0.489 e. The van der Waals surface area contributed by atoms with E-state index in [0.29, 0.717) is 13.2 Å². The van der Waals surface area contributed by atoms with Crippen LogP contribution in [-0.4, -0.2) is 13.2 Å². The van der Waals surface area contributed by atoms with Crippen molar-refractivity contribution in [3.8, 4) is 0 Å². The Hall–Kier alpha value is -1.70. The molecule has 0 atom stereocenters. The molecule has 0 aromatic heterocycles. The summed E-state index contributed by atoms with van der Waals surface area (Å²) in [4.78, 5) is 0. The average Bonchev–Trinajstić information content (AvgIpc) is 2.82. The Morgan fingerprint density at radius 2 is 1.87 bits per heavy atom. The van der Waals surface area contributed by atoms with Gasteiger partial charge in [-0.05, 0) is 17.7 Å². The fraction of sp³-hybridized carbons (Fsp3) is 0.231. The fourth-order valence-electron chi connectivity index (χ4n) is 1.71. The quantitative estimate of drug-likeness (QED) is 0.616. The van der Waals surface area contributed by atoms with Gasteiger partial charge in [0.25, 0.3) is 0 Å². The summed E-state index contributed by atoms with van der Waals surface area (Å²) in [7, 11) is 0. The van der Waals surface area contributed by atoms with Crippen molar-refractivity contribution in [1.29, 1.82) is 0 Å². The van der Waals surface area contributed by atoms with Crippen LogP contribution in [0.4, 0.5) is 0 Å². The van der Waals surface area contributed by atoms with Gasteiger partial charge >= 0.3 is 0 Å². The molecule has 0 aromatic carbocycles. The van der Waals surface area contributed by atoms with Gasteiger partial charge in [0, 0.05) is 12.0 Å². The first-order valence-electron chi connectivity index (χ1n) is 4.98. The van der Waals surface area contributed by atoms with E-state index in [2.05, 4.69) is 25.3 Å². The lowest BCUT2D eigenvalue weighted by Gasteiger charge is -2.11. The third-order valence-electron chi connectivity index (χ3n) is 2.32. The van der Waals surface area contributed by atoms with Crippen molar-refractivity contribution in [3.63, 3.8) is 0 Å². The second kappa shape index (κ2) is 4.22. The average molecular weight is 202 g/mol. The second-order valence-corrected chi connectivity index (χ2v) is 3.45. The van der Waals surface area contributed by atoms with Crippen molar-refractivity contribution in [2.45, 2.75) is 6.42 Å². The van der Waals surface area contributed by atoms with E-state index in [1.807, 2.05) is 0 Å². The van der Waals surface area contributed by atoms with Gasteiger partial charge in [-0.25, -0.2) is 0 Å². The van der Waals surface area contributed by atoms with Crippen LogP contribution >= 0.6 is 0 Å². The number of hydrogen-bond acceptors (Lipinski definition) is 2. The SMILES string of the molecule is C=CCOC1=CC2=CC(OCC=C)=C1C2. The number of allylic oxidation sites excluding steroid dienone is 4. The van der Waals surface area contributed by atoms with E-state index in [1.165, 1.54) is 5.57 Å². The molecule has 0 saturated carbocycles. The molecule has 2 bridgehead atoms. The highest BCUT2D eigenvalue weighted by atomic mass is 16.5. The molecule has 0 saturated heterocycles. The van der Waals surface area contributed by atoms with Crippen molar-refractivity contribution in [2.24, 2.45) is 0 Å². The van der Waals surface area contributed by atoms with Gasteiger partial charge in [0.05, 0.1) is 0 Å². The Labute approximate surface area is 89.9 Å². The minimum absolute atomic E-state index is 0.539. The summed E-state index contributed by atoms with van der Waals surface area (Å²) in [5.74, 6) is 1.85. The molecule has 0 aromatic rings. The highest BCUT2D eigenvalue weighted by molar-refractivity contribution is 5.56.